The molecule has 3 aliphatic rings. The van der Waals surface area contributed by atoms with Crippen molar-refractivity contribution in [2.24, 2.45) is 17.8 Å². The van der Waals surface area contributed by atoms with Gasteiger partial charge in [0.25, 0.3) is 5.91 Å². The van der Waals surface area contributed by atoms with E-state index >= 15 is 0 Å². The maximum absolute atomic E-state index is 14.3. The molecule has 4 heterocycles. The van der Waals surface area contributed by atoms with E-state index in [0.29, 0.717) is 18.7 Å². The van der Waals surface area contributed by atoms with Gasteiger partial charge in [0.2, 0.25) is 0 Å². The summed E-state index contributed by atoms with van der Waals surface area (Å²) >= 11 is 3.40. The average molecular weight is 939 g/mol. The van der Waals surface area contributed by atoms with E-state index in [-0.39, 0.29) is 37.5 Å². The van der Waals surface area contributed by atoms with Crippen LogP contribution in [-0.2, 0) is 44.6 Å². The van der Waals surface area contributed by atoms with Crippen LogP contribution in [0.4, 0.5) is 9.59 Å². The number of carbonyl (C=O) groups is 4. The van der Waals surface area contributed by atoms with Crippen LogP contribution >= 0.6 is 15.9 Å². The molecule has 0 aliphatic carbocycles. The number of nitrogens with zero attached hydrogens (tertiary/aromatic N) is 5. The number of aliphatic hydroxyl groups is 2. The summed E-state index contributed by atoms with van der Waals surface area (Å²) in [6, 6.07) is 6.64. The van der Waals surface area contributed by atoms with Crippen LogP contribution in [0.3, 0.4) is 0 Å². The van der Waals surface area contributed by atoms with Crippen LogP contribution in [0, 0.1) is 17.8 Å². The number of hydrogen-bond acceptors (Lipinski definition) is 16. The smallest absolute Gasteiger partial charge is 0.458 e. The van der Waals surface area contributed by atoms with Crippen molar-refractivity contribution in [2.45, 2.75) is 147 Å². The molecule has 346 valence electrons. The Balaban J connectivity index is 1.45. The second-order valence-electron chi connectivity index (χ2n) is 17.9. The molecule has 0 saturated carbocycles. The van der Waals surface area contributed by atoms with Crippen molar-refractivity contribution in [3.8, 4) is 11.3 Å². The lowest BCUT2D eigenvalue weighted by Crippen LogP contribution is -2.59. The van der Waals surface area contributed by atoms with Crippen molar-refractivity contribution < 1.29 is 57.8 Å². The van der Waals surface area contributed by atoms with Gasteiger partial charge in [-0.1, -0.05) is 54.0 Å². The summed E-state index contributed by atoms with van der Waals surface area (Å²) < 4.78 is 38.6. The van der Waals surface area contributed by atoms with Crippen LogP contribution in [0.1, 0.15) is 74.7 Å². The maximum Gasteiger partial charge on any atom is 0.509 e. The fourth-order valence-corrected chi connectivity index (χ4v) is 9.40. The number of halogens is 1. The zero-order valence-electron chi connectivity index (χ0n) is 37.4. The van der Waals surface area contributed by atoms with Gasteiger partial charge in [-0.15, -0.1) is 5.10 Å². The number of likely N-dealkylation sites (N-methyl/N-ethyl adjacent to an activating group) is 2. The summed E-state index contributed by atoms with van der Waals surface area (Å²) in [6.07, 6.45) is -6.63. The lowest BCUT2D eigenvalue weighted by Gasteiger charge is -2.47. The van der Waals surface area contributed by atoms with Crippen molar-refractivity contribution in [1.29, 1.82) is 0 Å². The summed E-state index contributed by atoms with van der Waals surface area (Å²) in [5, 5.41) is 32.2. The van der Waals surface area contributed by atoms with Crippen molar-refractivity contribution >= 4 is 40.1 Å². The number of rotatable bonds is 8. The number of amides is 2. The second kappa shape index (κ2) is 20.3. The monoisotopic (exact) mass is 937 g/mol. The molecule has 14 atom stereocenters. The summed E-state index contributed by atoms with van der Waals surface area (Å²) in [5.41, 5.74) is 2.81. The van der Waals surface area contributed by atoms with E-state index in [1.165, 1.54) is 11.6 Å². The minimum absolute atomic E-state index is 0.143. The van der Waals surface area contributed by atoms with Gasteiger partial charge in [-0.2, -0.15) is 0 Å². The van der Waals surface area contributed by atoms with Crippen LogP contribution in [0.15, 0.2) is 34.9 Å². The minimum atomic E-state index is -1.69. The van der Waals surface area contributed by atoms with E-state index in [9.17, 15) is 29.4 Å². The molecule has 0 unspecified atom stereocenters. The van der Waals surface area contributed by atoms with E-state index in [1.54, 1.807) is 33.9 Å². The van der Waals surface area contributed by atoms with E-state index < -0.39 is 90.0 Å². The van der Waals surface area contributed by atoms with Gasteiger partial charge in [-0.25, -0.2) is 19.7 Å². The van der Waals surface area contributed by atoms with E-state index in [0.717, 1.165) is 10.0 Å². The standard InChI is InChI=1S/C42H64BrN7O12/c1-12-31-42(8)36(61-40(55)62-42)26(6)49(11)19-22(2)18-41(7,56)35(60-38-33(52)30(48(9)10)17-23(3)57-38)24(4)34(25(5)37(53)58-31)59-39(54)46-45-32(51)21-50-20-29(44-47-50)27-13-15-28(43)16-14-27/h13-16,20,22-26,30-31,33-36,38,52,56H,12,17-19,21H2,1-11H3,(H,45,51)(H,46,54)/t22-,23-,24+,25-,26-,30+,31-,33-,34+,35-,36-,38+,41-,42-/m1/s1. The molecule has 2 aromatic rings. The molecule has 19 nitrogen and oxygen atoms in total. The van der Waals surface area contributed by atoms with Crippen molar-refractivity contribution in [1.82, 2.24) is 35.6 Å². The Bertz CT molecular complexity index is 1870. The molecule has 4 N–H and O–H groups in total. The zero-order valence-corrected chi connectivity index (χ0v) is 39.0. The molecule has 1 aromatic heterocycles. The highest BCUT2D eigenvalue weighted by atomic mass is 79.9. The third-order valence-corrected chi connectivity index (χ3v) is 12.9. The maximum atomic E-state index is 14.3. The van der Waals surface area contributed by atoms with E-state index in [4.69, 9.17) is 28.4 Å². The number of esters is 1. The van der Waals surface area contributed by atoms with Gasteiger partial charge in [0.15, 0.2) is 18.0 Å². The first-order valence-electron chi connectivity index (χ1n) is 21.1. The number of cyclic esters (lactones) is 1. The lowest BCUT2D eigenvalue weighted by molar-refractivity contribution is -0.299. The van der Waals surface area contributed by atoms with Crippen LogP contribution in [-0.4, -0.2) is 153 Å². The Labute approximate surface area is 371 Å². The number of aromatic nitrogens is 3. The third kappa shape index (κ3) is 11.4. The minimum Gasteiger partial charge on any atom is -0.458 e. The Hall–Kier alpha value is -3.92. The van der Waals surface area contributed by atoms with Crippen LogP contribution in [0.25, 0.3) is 11.3 Å². The number of aliphatic hydroxyl groups excluding tert-OH is 1. The first kappa shape index (κ1) is 49.1. The summed E-state index contributed by atoms with van der Waals surface area (Å²) in [6.45, 7) is 14.0. The van der Waals surface area contributed by atoms with Gasteiger partial charge in [-0.3, -0.25) is 19.9 Å². The summed E-state index contributed by atoms with van der Waals surface area (Å²) in [7, 11) is 5.56. The summed E-state index contributed by atoms with van der Waals surface area (Å²) in [4.78, 5) is 57.6. The molecular formula is C42H64BrN7O12. The Morgan fingerprint density at radius 3 is 2.39 bits per heavy atom. The fourth-order valence-electron chi connectivity index (χ4n) is 9.13. The highest BCUT2D eigenvalue weighted by Gasteiger charge is 2.58. The number of fused-ring (bicyclic) bond motifs is 1. The Morgan fingerprint density at radius 1 is 1.06 bits per heavy atom. The van der Waals surface area contributed by atoms with Crippen molar-refractivity contribution in [3.63, 3.8) is 0 Å². The molecule has 0 bridgehead atoms. The predicted molar refractivity (Wildman–Crippen MR) is 227 cm³/mol. The highest BCUT2D eigenvalue weighted by Crippen LogP contribution is 2.40. The topological polar surface area (TPSA) is 225 Å². The molecule has 3 saturated heterocycles. The molecule has 3 aliphatic heterocycles. The van der Waals surface area contributed by atoms with Crippen LogP contribution in [0.2, 0.25) is 0 Å². The zero-order chi connectivity index (χ0) is 45.8. The first-order chi connectivity index (χ1) is 29.0. The fraction of sp³-hybridized carbons (Fsp3) is 0.714. The second-order valence-corrected chi connectivity index (χ2v) is 18.8. The summed E-state index contributed by atoms with van der Waals surface area (Å²) in [5.74, 6) is -3.90. The van der Waals surface area contributed by atoms with Gasteiger partial charge in [0.05, 0.1) is 29.9 Å². The molecule has 0 spiro atoms. The molecular weight excluding hydrogens is 874 g/mol. The van der Waals surface area contributed by atoms with Crippen molar-refractivity contribution in [2.75, 3.05) is 27.7 Å². The number of carbonyl (C=O) groups excluding carboxylic acids is 4. The molecule has 62 heavy (non-hydrogen) atoms. The van der Waals surface area contributed by atoms with Gasteiger partial charge < -0.3 is 43.5 Å². The number of hydrogen-bond donors (Lipinski definition) is 4. The molecule has 20 heteroatoms. The Morgan fingerprint density at radius 2 is 1.74 bits per heavy atom. The number of nitrogens with one attached hydrogen (secondary N) is 2. The van der Waals surface area contributed by atoms with Crippen LogP contribution < -0.4 is 10.9 Å². The molecule has 0 radical (unpaired) electrons. The molecule has 1 aromatic carbocycles. The number of hydrazine groups is 1. The first-order valence-corrected chi connectivity index (χ1v) is 21.9. The Kier molecular flexibility index (Phi) is 16.1. The van der Waals surface area contributed by atoms with Gasteiger partial charge >= 0.3 is 18.2 Å². The quantitative estimate of drug-likeness (QED) is 0.168. The van der Waals surface area contributed by atoms with Crippen LogP contribution in [0.5, 0.6) is 0 Å². The highest BCUT2D eigenvalue weighted by molar-refractivity contribution is 9.10. The van der Waals surface area contributed by atoms with Crippen molar-refractivity contribution in [3.05, 3.63) is 34.9 Å². The predicted octanol–water partition coefficient (Wildman–Crippen LogP) is 3.64. The molecule has 5 rings (SSSR count). The number of ether oxygens (including phenoxy) is 6. The number of benzene rings is 1. The normalized spacial score (nSPS) is 36.3. The van der Waals surface area contributed by atoms with E-state index in [1.807, 2.05) is 76.0 Å². The largest absolute Gasteiger partial charge is 0.509 e. The van der Waals surface area contributed by atoms with Gasteiger partial charge in [0, 0.05) is 34.6 Å². The third-order valence-electron chi connectivity index (χ3n) is 12.4. The SMILES string of the molecule is CC[C@H]1OC(=O)[C@H](C)[C@@H](OC(=O)NNC(=O)Cn2cc(-c3ccc(Br)cc3)nn2)[C@H](C)[C@@H](O[C@@H]2O[C@H](C)C[C@H](N(C)C)[C@H]2O)[C@](C)(O)C[C@@H](C)CN(C)[C@H](C)[C@H]2OC(=O)O[C@@]21C. The lowest BCUT2D eigenvalue weighted by atomic mass is 9.77. The van der Waals surface area contributed by atoms with Gasteiger partial charge in [-0.05, 0) is 93.1 Å². The molecule has 3 fully saturated rings. The van der Waals surface area contributed by atoms with E-state index in [2.05, 4.69) is 37.1 Å². The van der Waals surface area contributed by atoms with Gasteiger partial charge in [0.1, 0.15) is 30.6 Å². The average Bonchev–Trinajstić information content (AvgIpc) is 3.79. The molecule has 2 amide bonds.